The minimum atomic E-state index is -3.86. The molecule has 182 valence electrons. The molecule has 8 heteroatoms. The normalized spacial score (nSPS) is 19.9. The number of carbonyl (C=O) groups is 1. The van der Waals surface area contributed by atoms with E-state index in [0.29, 0.717) is 16.9 Å². The zero-order valence-corrected chi connectivity index (χ0v) is 20.7. The van der Waals surface area contributed by atoms with Gasteiger partial charge in [-0.3, -0.25) is 4.79 Å². The fourth-order valence-corrected chi connectivity index (χ4v) is 6.58. The van der Waals surface area contributed by atoms with E-state index < -0.39 is 10.0 Å². The molecule has 2 N–H and O–H groups in total. The zero-order valence-electron chi connectivity index (χ0n) is 19.9. The van der Waals surface area contributed by atoms with Crippen LogP contribution in [0.3, 0.4) is 0 Å². The molecular formula is C28H25N3O4S. The molecule has 1 atom stereocenters. The van der Waals surface area contributed by atoms with Gasteiger partial charge in [0.1, 0.15) is 0 Å². The third-order valence-corrected chi connectivity index (χ3v) is 8.81. The monoisotopic (exact) mass is 499 g/mol. The van der Waals surface area contributed by atoms with E-state index in [4.69, 9.17) is 4.52 Å². The van der Waals surface area contributed by atoms with Crippen LogP contribution in [-0.2, 0) is 14.8 Å². The van der Waals surface area contributed by atoms with Crippen molar-refractivity contribution in [1.29, 1.82) is 0 Å². The number of nitrogens with zero attached hydrogens (tertiary/aromatic N) is 1. The lowest BCUT2D eigenvalue weighted by atomic mass is 9.59. The molecule has 2 bridgehead atoms. The first-order chi connectivity index (χ1) is 17.3. The Labute approximate surface area is 209 Å². The molecular weight excluding hydrogens is 474 g/mol. The molecule has 0 fully saturated rings. The first-order valence-corrected chi connectivity index (χ1v) is 13.4. The number of sulfonamides is 1. The van der Waals surface area contributed by atoms with Crippen LogP contribution in [0, 0.1) is 19.8 Å². The number of hydrogen-bond donors (Lipinski definition) is 2. The first-order valence-electron chi connectivity index (χ1n) is 11.9. The van der Waals surface area contributed by atoms with E-state index in [-0.39, 0.29) is 34.4 Å². The van der Waals surface area contributed by atoms with E-state index in [1.54, 1.807) is 26.0 Å². The molecule has 1 heterocycles. The van der Waals surface area contributed by atoms with Gasteiger partial charge in [-0.1, -0.05) is 53.7 Å². The van der Waals surface area contributed by atoms with Gasteiger partial charge in [0.2, 0.25) is 11.8 Å². The van der Waals surface area contributed by atoms with Gasteiger partial charge in [0.25, 0.3) is 10.0 Å². The maximum absolute atomic E-state index is 13.5. The van der Waals surface area contributed by atoms with E-state index in [0.717, 1.165) is 6.42 Å². The molecule has 4 aromatic rings. The molecule has 3 aliphatic carbocycles. The molecule has 1 unspecified atom stereocenters. The molecule has 1 amide bonds. The van der Waals surface area contributed by atoms with Crippen molar-refractivity contribution in [3.8, 4) is 0 Å². The van der Waals surface area contributed by atoms with Crippen LogP contribution in [0.2, 0.25) is 0 Å². The van der Waals surface area contributed by atoms with E-state index in [9.17, 15) is 13.2 Å². The Kier molecular flexibility index (Phi) is 5.22. The summed E-state index contributed by atoms with van der Waals surface area (Å²) in [5.74, 6) is 0.0237. The summed E-state index contributed by atoms with van der Waals surface area (Å²) in [6, 6.07) is 22.9. The molecule has 3 aromatic carbocycles. The lowest BCUT2D eigenvalue weighted by Gasteiger charge is -2.44. The van der Waals surface area contributed by atoms with E-state index in [2.05, 4.69) is 51.6 Å². The van der Waals surface area contributed by atoms with Gasteiger partial charge >= 0.3 is 0 Å². The highest BCUT2D eigenvalue weighted by Gasteiger charge is 2.45. The number of aromatic nitrogens is 1. The Balaban J connectivity index is 1.23. The number of anilines is 2. The van der Waals surface area contributed by atoms with Gasteiger partial charge < -0.3 is 9.84 Å². The summed E-state index contributed by atoms with van der Waals surface area (Å²) >= 11 is 0. The number of benzene rings is 3. The van der Waals surface area contributed by atoms with Crippen LogP contribution in [0.1, 0.15) is 51.8 Å². The fraction of sp³-hybridized carbons (Fsp3) is 0.214. The molecule has 0 radical (unpaired) electrons. The van der Waals surface area contributed by atoms with Gasteiger partial charge in [0.05, 0.1) is 16.5 Å². The predicted octanol–water partition coefficient (Wildman–Crippen LogP) is 5.33. The molecule has 0 saturated carbocycles. The Morgan fingerprint density at radius 2 is 1.47 bits per heavy atom. The molecule has 36 heavy (non-hydrogen) atoms. The minimum absolute atomic E-state index is 0.000136. The Bertz CT molecular complexity index is 1540. The smallest absolute Gasteiger partial charge is 0.264 e. The van der Waals surface area contributed by atoms with Crippen molar-refractivity contribution < 1.29 is 17.7 Å². The summed E-state index contributed by atoms with van der Waals surface area (Å²) in [4.78, 5) is 13.5. The van der Waals surface area contributed by atoms with Gasteiger partial charge in [-0.05, 0) is 66.8 Å². The van der Waals surface area contributed by atoms with Crippen molar-refractivity contribution in [3.63, 3.8) is 0 Å². The van der Waals surface area contributed by atoms with Crippen LogP contribution in [0.25, 0.3) is 0 Å². The van der Waals surface area contributed by atoms with Crippen LogP contribution in [0.5, 0.6) is 0 Å². The zero-order chi connectivity index (χ0) is 25.0. The molecule has 7 nitrogen and oxygen atoms in total. The third-order valence-electron chi connectivity index (χ3n) is 7.46. The largest absolute Gasteiger partial charge is 0.337 e. The van der Waals surface area contributed by atoms with Crippen molar-refractivity contribution in [2.45, 2.75) is 37.0 Å². The van der Waals surface area contributed by atoms with Crippen molar-refractivity contribution in [2.75, 3.05) is 10.0 Å². The van der Waals surface area contributed by atoms with Crippen molar-refractivity contribution in [2.24, 2.45) is 5.92 Å². The second-order valence-electron chi connectivity index (χ2n) is 9.47. The second kappa shape index (κ2) is 8.34. The molecule has 7 rings (SSSR count). The number of hydrogen-bond acceptors (Lipinski definition) is 5. The Hall–Kier alpha value is -3.91. The highest BCUT2D eigenvalue weighted by Crippen LogP contribution is 2.55. The molecule has 0 aliphatic heterocycles. The van der Waals surface area contributed by atoms with Crippen LogP contribution < -0.4 is 10.0 Å². The van der Waals surface area contributed by atoms with Gasteiger partial charge in [-0.15, -0.1) is 0 Å². The number of nitrogens with one attached hydrogen (secondary N) is 2. The van der Waals surface area contributed by atoms with Crippen molar-refractivity contribution in [1.82, 2.24) is 5.16 Å². The minimum Gasteiger partial charge on any atom is -0.337 e. The quantitative estimate of drug-likeness (QED) is 0.387. The fourth-order valence-electron chi connectivity index (χ4n) is 5.54. The molecule has 1 aromatic heterocycles. The van der Waals surface area contributed by atoms with Crippen molar-refractivity contribution >= 4 is 27.5 Å². The number of rotatable bonds is 5. The predicted molar refractivity (Wildman–Crippen MR) is 137 cm³/mol. The topological polar surface area (TPSA) is 101 Å². The van der Waals surface area contributed by atoms with Crippen molar-refractivity contribution in [3.05, 3.63) is 106 Å². The summed E-state index contributed by atoms with van der Waals surface area (Å²) in [5.41, 5.74) is 6.86. The van der Waals surface area contributed by atoms with E-state index in [1.165, 1.54) is 34.4 Å². The summed E-state index contributed by atoms with van der Waals surface area (Å²) in [6.07, 6.45) is 0.747. The van der Waals surface area contributed by atoms with E-state index >= 15 is 0 Å². The highest BCUT2D eigenvalue weighted by molar-refractivity contribution is 7.92. The van der Waals surface area contributed by atoms with Gasteiger partial charge in [0, 0.05) is 23.1 Å². The first kappa shape index (κ1) is 22.5. The van der Waals surface area contributed by atoms with Gasteiger partial charge in [0.15, 0.2) is 0 Å². The average molecular weight is 500 g/mol. The SMILES string of the molecule is Cc1noc(NS(=O)(=O)c2ccc(NC(=O)C3CC4c5ccccc5C3c3ccccc34)cc2)c1C. The Morgan fingerprint density at radius 1 is 0.889 bits per heavy atom. The number of aryl methyl sites for hydroxylation is 1. The third kappa shape index (κ3) is 3.60. The maximum atomic E-state index is 13.5. The number of amides is 1. The highest BCUT2D eigenvalue weighted by atomic mass is 32.2. The molecule has 3 aliphatic rings. The van der Waals surface area contributed by atoms with Crippen LogP contribution in [0.4, 0.5) is 11.6 Å². The summed E-state index contributed by atoms with van der Waals surface area (Å²) in [7, 11) is -3.86. The summed E-state index contributed by atoms with van der Waals surface area (Å²) in [5, 5.41) is 6.80. The van der Waals surface area contributed by atoms with Crippen LogP contribution in [-0.4, -0.2) is 19.5 Å². The van der Waals surface area contributed by atoms with E-state index in [1.807, 2.05) is 12.1 Å². The lowest BCUT2D eigenvalue weighted by Crippen LogP contribution is -2.38. The molecule has 0 spiro atoms. The van der Waals surface area contributed by atoms with Gasteiger partial charge in [-0.25, -0.2) is 13.1 Å². The Morgan fingerprint density at radius 3 is 2.03 bits per heavy atom. The van der Waals surface area contributed by atoms with Gasteiger partial charge in [-0.2, -0.15) is 0 Å². The summed E-state index contributed by atoms with van der Waals surface area (Å²) in [6.45, 7) is 3.47. The second-order valence-corrected chi connectivity index (χ2v) is 11.2. The standard InChI is InChI=1S/C28H25N3O4S/c1-16-17(2)30-35-28(16)31-36(33,34)19-13-11-18(12-14-19)29-27(32)25-15-24-20-7-3-5-9-22(20)26(25)23-10-6-4-8-21(23)24/h3-14,24-26,31H,15H2,1-2H3,(H,29,32). The summed E-state index contributed by atoms with van der Waals surface area (Å²) < 4.78 is 33.1. The van der Waals surface area contributed by atoms with Crippen LogP contribution in [0.15, 0.2) is 82.2 Å². The lowest BCUT2D eigenvalue weighted by molar-refractivity contribution is -0.121. The maximum Gasteiger partial charge on any atom is 0.264 e. The van der Waals surface area contributed by atoms with Crippen LogP contribution >= 0.6 is 0 Å². The number of carbonyl (C=O) groups excluding carboxylic acids is 1. The molecule has 0 saturated heterocycles. The number of fused-ring (bicyclic) bond motifs is 1. The average Bonchev–Trinajstić information content (AvgIpc) is 3.20.